The van der Waals surface area contributed by atoms with Crippen molar-refractivity contribution in [3.63, 3.8) is 0 Å². The van der Waals surface area contributed by atoms with E-state index in [0.29, 0.717) is 12.2 Å². The number of carbonyl (C=O) groups excluding carboxylic acids is 2. The molecule has 2 aliphatic rings. The number of allylic oxidation sites excluding steroid dienone is 3. The van der Waals surface area contributed by atoms with Gasteiger partial charge in [0.05, 0.1) is 6.61 Å². The van der Waals surface area contributed by atoms with Crippen LogP contribution in [0.25, 0.3) is 0 Å². The number of benzene rings is 1. The van der Waals surface area contributed by atoms with E-state index in [9.17, 15) is 9.59 Å². The molecule has 1 aromatic rings. The Morgan fingerprint density at radius 1 is 1.11 bits per heavy atom. The van der Waals surface area contributed by atoms with Crippen molar-refractivity contribution in [3.05, 3.63) is 53.6 Å². The zero-order valence-electron chi connectivity index (χ0n) is 9.76. The van der Waals surface area contributed by atoms with E-state index in [1.165, 1.54) is 18.2 Å². The number of ketones is 2. The van der Waals surface area contributed by atoms with Gasteiger partial charge in [-0.05, 0) is 36.3 Å². The monoisotopic (exact) mass is 240 g/mol. The van der Waals surface area contributed by atoms with Crippen LogP contribution in [0.15, 0.2) is 48.1 Å². The molecule has 90 valence electrons. The Hall–Kier alpha value is -2.16. The molecule has 0 bridgehead atoms. The Morgan fingerprint density at radius 3 is 2.83 bits per heavy atom. The second-order valence-corrected chi connectivity index (χ2v) is 4.52. The molecule has 1 unspecified atom stereocenters. The molecule has 1 aromatic carbocycles. The molecule has 1 heterocycles. The van der Waals surface area contributed by atoms with Gasteiger partial charge in [-0.1, -0.05) is 18.2 Å². The summed E-state index contributed by atoms with van der Waals surface area (Å²) in [7, 11) is 0. The van der Waals surface area contributed by atoms with Crippen LogP contribution < -0.4 is 4.74 Å². The zero-order chi connectivity index (χ0) is 12.5. The van der Waals surface area contributed by atoms with Gasteiger partial charge in [0.2, 0.25) is 0 Å². The van der Waals surface area contributed by atoms with Crippen LogP contribution in [0.5, 0.6) is 5.75 Å². The lowest BCUT2D eigenvalue weighted by molar-refractivity contribution is -0.115. The summed E-state index contributed by atoms with van der Waals surface area (Å²) in [5, 5.41) is 0. The van der Waals surface area contributed by atoms with E-state index in [-0.39, 0.29) is 17.5 Å². The molecule has 3 rings (SSSR count). The predicted molar refractivity (Wildman–Crippen MR) is 66.4 cm³/mol. The van der Waals surface area contributed by atoms with Crippen molar-refractivity contribution >= 4 is 11.6 Å². The summed E-state index contributed by atoms with van der Waals surface area (Å²) in [4.78, 5) is 23.1. The van der Waals surface area contributed by atoms with Crippen molar-refractivity contribution in [2.24, 2.45) is 5.92 Å². The molecule has 0 amide bonds. The molecule has 1 aliphatic heterocycles. The second-order valence-electron chi connectivity index (χ2n) is 4.52. The topological polar surface area (TPSA) is 43.4 Å². The van der Waals surface area contributed by atoms with Gasteiger partial charge < -0.3 is 4.74 Å². The molecule has 0 radical (unpaired) electrons. The van der Waals surface area contributed by atoms with Crippen LogP contribution in [0.1, 0.15) is 5.56 Å². The molecule has 1 atom stereocenters. The lowest BCUT2D eigenvalue weighted by atomic mass is 9.85. The fourth-order valence-electron chi connectivity index (χ4n) is 2.37. The minimum absolute atomic E-state index is 0.0266. The number of rotatable bonds is 1. The van der Waals surface area contributed by atoms with E-state index >= 15 is 0 Å². The van der Waals surface area contributed by atoms with E-state index in [1.807, 2.05) is 24.3 Å². The normalized spacial score (nSPS) is 22.2. The molecule has 0 spiro atoms. The number of ether oxygens (including phenoxy) is 1. The molecule has 3 nitrogen and oxygen atoms in total. The lowest BCUT2D eigenvalue weighted by Gasteiger charge is -2.26. The molecule has 18 heavy (non-hydrogen) atoms. The molecule has 0 saturated heterocycles. The van der Waals surface area contributed by atoms with Crippen molar-refractivity contribution in [1.29, 1.82) is 0 Å². The Morgan fingerprint density at radius 2 is 1.94 bits per heavy atom. The Bertz CT molecular complexity index is 581. The summed E-state index contributed by atoms with van der Waals surface area (Å²) in [5.74, 6) is 0.645. The standard InChI is InChI=1S/C15H12O3/c16-12-5-6-14(17)13(8-12)11-7-10-3-1-2-4-15(10)18-9-11/h1-6,8,11H,7,9H2. The molecule has 0 saturated carbocycles. The van der Waals surface area contributed by atoms with Gasteiger partial charge in [0, 0.05) is 11.5 Å². The summed E-state index contributed by atoms with van der Waals surface area (Å²) in [6.45, 7) is 0.454. The second kappa shape index (κ2) is 4.26. The minimum Gasteiger partial charge on any atom is -0.493 e. The molecular weight excluding hydrogens is 228 g/mol. The molecule has 0 N–H and O–H groups in total. The highest BCUT2D eigenvalue weighted by Gasteiger charge is 2.27. The minimum atomic E-state index is -0.122. The average Bonchev–Trinajstić information content (AvgIpc) is 2.41. The summed E-state index contributed by atoms with van der Waals surface area (Å²) < 4.78 is 5.64. The lowest BCUT2D eigenvalue weighted by Crippen LogP contribution is -2.27. The van der Waals surface area contributed by atoms with Crippen LogP contribution in [-0.4, -0.2) is 18.2 Å². The van der Waals surface area contributed by atoms with Gasteiger partial charge in [-0.15, -0.1) is 0 Å². The van der Waals surface area contributed by atoms with E-state index in [4.69, 9.17) is 4.74 Å². The highest BCUT2D eigenvalue weighted by atomic mass is 16.5. The fraction of sp³-hybridized carbons (Fsp3) is 0.200. The highest BCUT2D eigenvalue weighted by molar-refractivity contribution is 6.17. The fourth-order valence-corrected chi connectivity index (χ4v) is 2.37. The zero-order valence-corrected chi connectivity index (χ0v) is 9.76. The third-order valence-electron chi connectivity index (χ3n) is 3.30. The molecule has 1 aliphatic carbocycles. The summed E-state index contributed by atoms with van der Waals surface area (Å²) in [5.41, 5.74) is 1.65. The number of carbonyl (C=O) groups is 2. The first-order valence-electron chi connectivity index (χ1n) is 5.93. The maximum absolute atomic E-state index is 11.8. The van der Waals surface area contributed by atoms with E-state index in [0.717, 1.165) is 17.7 Å². The summed E-state index contributed by atoms with van der Waals surface area (Å²) in [6.07, 6.45) is 4.83. The van der Waals surface area contributed by atoms with Crippen LogP contribution in [0.2, 0.25) is 0 Å². The van der Waals surface area contributed by atoms with Crippen molar-refractivity contribution < 1.29 is 14.3 Å². The highest BCUT2D eigenvalue weighted by Crippen LogP contribution is 2.31. The van der Waals surface area contributed by atoms with Crippen LogP contribution >= 0.6 is 0 Å². The molecular formula is C15H12O3. The first kappa shape index (κ1) is 11.0. The van der Waals surface area contributed by atoms with Crippen LogP contribution in [0.4, 0.5) is 0 Å². The van der Waals surface area contributed by atoms with Gasteiger partial charge in [0.25, 0.3) is 0 Å². The van der Waals surface area contributed by atoms with Crippen molar-refractivity contribution in [2.75, 3.05) is 6.61 Å². The van der Waals surface area contributed by atoms with Crippen molar-refractivity contribution in [2.45, 2.75) is 6.42 Å². The van der Waals surface area contributed by atoms with E-state index in [2.05, 4.69) is 0 Å². The Kier molecular flexibility index (Phi) is 2.59. The summed E-state index contributed by atoms with van der Waals surface area (Å²) in [6, 6.07) is 7.80. The first-order chi connectivity index (χ1) is 8.74. The van der Waals surface area contributed by atoms with Gasteiger partial charge in [-0.2, -0.15) is 0 Å². The molecule has 0 fully saturated rings. The smallest absolute Gasteiger partial charge is 0.182 e. The molecule has 3 heteroatoms. The number of hydrogen-bond acceptors (Lipinski definition) is 3. The maximum Gasteiger partial charge on any atom is 0.182 e. The van der Waals surface area contributed by atoms with Crippen LogP contribution in [0, 0.1) is 5.92 Å². The van der Waals surface area contributed by atoms with Crippen molar-refractivity contribution in [3.8, 4) is 5.75 Å². The Balaban J connectivity index is 1.88. The van der Waals surface area contributed by atoms with Crippen LogP contribution in [0.3, 0.4) is 0 Å². The first-order valence-corrected chi connectivity index (χ1v) is 5.93. The van der Waals surface area contributed by atoms with E-state index in [1.54, 1.807) is 0 Å². The van der Waals surface area contributed by atoms with E-state index < -0.39 is 0 Å². The molecule has 0 aromatic heterocycles. The number of fused-ring (bicyclic) bond motifs is 1. The van der Waals surface area contributed by atoms with Gasteiger partial charge in [0.1, 0.15) is 5.75 Å². The van der Waals surface area contributed by atoms with Gasteiger partial charge >= 0.3 is 0 Å². The van der Waals surface area contributed by atoms with Crippen LogP contribution in [-0.2, 0) is 16.0 Å². The summed E-state index contributed by atoms with van der Waals surface area (Å²) >= 11 is 0. The predicted octanol–water partition coefficient (Wildman–Crippen LogP) is 1.87. The number of hydrogen-bond donors (Lipinski definition) is 0. The number of para-hydroxylation sites is 1. The van der Waals surface area contributed by atoms with Crippen molar-refractivity contribution in [1.82, 2.24) is 0 Å². The van der Waals surface area contributed by atoms with Gasteiger partial charge in [0.15, 0.2) is 11.6 Å². The largest absolute Gasteiger partial charge is 0.493 e. The Labute approximate surface area is 105 Å². The SMILES string of the molecule is O=C1C=CC(=O)C(C2COc3ccccc3C2)=C1. The maximum atomic E-state index is 11.8. The van der Waals surface area contributed by atoms with Gasteiger partial charge in [-0.25, -0.2) is 0 Å². The third kappa shape index (κ3) is 1.88. The third-order valence-corrected chi connectivity index (χ3v) is 3.30. The van der Waals surface area contributed by atoms with Gasteiger partial charge in [-0.3, -0.25) is 9.59 Å². The average molecular weight is 240 g/mol. The quantitative estimate of drug-likeness (QED) is 0.704.